The van der Waals surface area contributed by atoms with Gasteiger partial charge in [0.05, 0.1) is 12.1 Å². The Morgan fingerprint density at radius 2 is 1.88 bits per heavy atom. The Morgan fingerprint density at radius 1 is 1.06 bits per heavy atom. The fourth-order valence-electron chi connectivity index (χ4n) is 7.53. The zero-order valence-corrected chi connectivity index (χ0v) is 19.3. The molecular formula is C28H33FN4. The standard InChI is InChI=1S/C28H33FN4/c1-17-12-22-21-4-2-3-5-24(21)32-26(22)27(33(17)28-11-10-18(13-28)14-28)19-6-8-20(9-7-19)31-25-16-30-15-23(25)29/h2-9,17-18,23,25,27,30-32H,10-16H2,1H3/t17-,18?,23-,25-,27-,28?/m1/s1. The van der Waals surface area contributed by atoms with E-state index in [2.05, 4.69) is 76.0 Å². The van der Waals surface area contributed by atoms with Crippen LogP contribution >= 0.6 is 0 Å². The van der Waals surface area contributed by atoms with Crippen molar-refractivity contribution in [1.29, 1.82) is 0 Å². The van der Waals surface area contributed by atoms with Crippen LogP contribution in [0, 0.1) is 5.92 Å². The van der Waals surface area contributed by atoms with Gasteiger partial charge in [0.25, 0.3) is 0 Å². The molecule has 5 heteroatoms. The molecule has 3 N–H and O–H groups in total. The van der Waals surface area contributed by atoms with E-state index in [0.29, 0.717) is 24.7 Å². The van der Waals surface area contributed by atoms with Crippen molar-refractivity contribution in [3.05, 3.63) is 65.4 Å². The van der Waals surface area contributed by atoms with Gasteiger partial charge < -0.3 is 15.6 Å². The number of rotatable bonds is 4. The molecule has 33 heavy (non-hydrogen) atoms. The maximum atomic E-state index is 14.1. The molecule has 0 spiro atoms. The van der Waals surface area contributed by atoms with E-state index >= 15 is 0 Å². The largest absolute Gasteiger partial charge is 0.378 e. The molecule has 0 radical (unpaired) electrons. The molecule has 172 valence electrons. The van der Waals surface area contributed by atoms with Crippen molar-refractivity contribution < 1.29 is 4.39 Å². The van der Waals surface area contributed by atoms with E-state index in [-0.39, 0.29) is 12.1 Å². The molecular weight excluding hydrogens is 411 g/mol. The van der Waals surface area contributed by atoms with Crippen molar-refractivity contribution in [3.8, 4) is 0 Å². The number of halogens is 1. The van der Waals surface area contributed by atoms with Crippen molar-refractivity contribution >= 4 is 16.6 Å². The van der Waals surface area contributed by atoms with E-state index in [4.69, 9.17) is 0 Å². The number of anilines is 1. The van der Waals surface area contributed by atoms with Gasteiger partial charge in [0.2, 0.25) is 0 Å². The van der Waals surface area contributed by atoms with E-state index in [1.165, 1.54) is 53.4 Å². The molecule has 4 nitrogen and oxygen atoms in total. The van der Waals surface area contributed by atoms with E-state index in [0.717, 1.165) is 18.0 Å². The highest BCUT2D eigenvalue weighted by molar-refractivity contribution is 5.85. The Morgan fingerprint density at radius 3 is 2.61 bits per heavy atom. The van der Waals surface area contributed by atoms with Crippen LogP contribution in [0.4, 0.5) is 10.1 Å². The Bertz CT molecular complexity index is 1170. The summed E-state index contributed by atoms with van der Waals surface area (Å²) in [6, 6.07) is 18.2. The lowest BCUT2D eigenvalue weighted by Crippen LogP contribution is -2.59. The van der Waals surface area contributed by atoms with Gasteiger partial charge in [-0.3, -0.25) is 4.90 Å². The number of hydrogen-bond donors (Lipinski definition) is 3. The van der Waals surface area contributed by atoms with E-state index < -0.39 is 6.17 Å². The molecule has 5 aliphatic rings. The third-order valence-electron chi connectivity index (χ3n) is 8.99. The zero-order valence-electron chi connectivity index (χ0n) is 19.3. The highest BCUT2D eigenvalue weighted by atomic mass is 19.1. The summed E-state index contributed by atoms with van der Waals surface area (Å²) in [6.45, 7) is 3.55. The first-order valence-corrected chi connectivity index (χ1v) is 12.7. The summed E-state index contributed by atoms with van der Waals surface area (Å²) in [4.78, 5) is 6.71. The van der Waals surface area contributed by atoms with Gasteiger partial charge in [0, 0.05) is 47.0 Å². The van der Waals surface area contributed by atoms with Gasteiger partial charge >= 0.3 is 0 Å². The van der Waals surface area contributed by atoms with E-state index in [1.807, 2.05) is 0 Å². The summed E-state index contributed by atoms with van der Waals surface area (Å²) >= 11 is 0. The predicted octanol–water partition coefficient (Wildman–Crippen LogP) is 5.17. The number of nitrogens with one attached hydrogen (secondary N) is 3. The lowest BCUT2D eigenvalue weighted by Gasteiger charge is -2.55. The summed E-state index contributed by atoms with van der Waals surface area (Å²) in [5.74, 6) is 0.933. The lowest BCUT2D eigenvalue weighted by molar-refractivity contribution is -0.0339. The van der Waals surface area contributed by atoms with Gasteiger partial charge in [-0.15, -0.1) is 0 Å². The van der Waals surface area contributed by atoms with Crippen molar-refractivity contribution in [2.45, 2.75) is 68.9 Å². The average Bonchev–Trinajstić information content (AvgIpc) is 3.57. The highest BCUT2D eigenvalue weighted by Crippen LogP contribution is 2.60. The normalized spacial score (nSPS) is 35.5. The molecule has 2 aliphatic heterocycles. The van der Waals surface area contributed by atoms with Crippen LogP contribution in [-0.4, -0.2) is 46.8 Å². The van der Waals surface area contributed by atoms with Crippen LogP contribution in [-0.2, 0) is 6.42 Å². The number of fused-ring (bicyclic) bond motifs is 4. The number of benzene rings is 2. The monoisotopic (exact) mass is 444 g/mol. The fraction of sp³-hybridized carbons (Fsp3) is 0.500. The van der Waals surface area contributed by atoms with Crippen molar-refractivity contribution in [2.24, 2.45) is 5.92 Å². The molecule has 0 amide bonds. The van der Waals surface area contributed by atoms with E-state index in [1.54, 1.807) is 0 Å². The molecule has 1 aromatic heterocycles. The van der Waals surface area contributed by atoms with Gasteiger partial charge in [-0.25, -0.2) is 4.39 Å². The number of para-hydroxylation sites is 1. The number of H-pyrrole nitrogens is 1. The van der Waals surface area contributed by atoms with Crippen LogP contribution in [0.25, 0.3) is 10.9 Å². The van der Waals surface area contributed by atoms with Crippen LogP contribution in [0.1, 0.15) is 55.5 Å². The molecule has 8 rings (SSSR count). The molecule has 4 fully saturated rings. The summed E-state index contributed by atoms with van der Waals surface area (Å²) in [7, 11) is 0. The fourth-order valence-corrected chi connectivity index (χ4v) is 7.53. The molecule has 3 saturated carbocycles. The molecule has 4 atom stereocenters. The number of alkyl halides is 1. The molecule has 2 bridgehead atoms. The SMILES string of the molecule is C[C@@H]1Cc2c([nH]c3ccccc23)[C@@H](c2ccc(N[C@@H]3CNC[C@H]3F)cc2)N1C12CCC(C1)C2. The highest BCUT2D eigenvalue weighted by Gasteiger charge is 2.58. The van der Waals surface area contributed by atoms with Gasteiger partial charge in [-0.2, -0.15) is 0 Å². The van der Waals surface area contributed by atoms with Crippen molar-refractivity contribution in [2.75, 3.05) is 18.4 Å². The number of nitrogens with zero attached hydrogens (tertiary/aromatic N) is 1. The van der Waals surface area contributed by atoms with Gasteiger partial charge in [0.1, 0.15) is 6.17 Å². The molecule has 1 saturated heterocycles. The molecule has 3 aromatic rings. The summed E-state index contributed by atoms with van der Waals surface area (Å²) in [5.41, 5.74) is 6.82. The van der Waals surface area contributed by atoms with Crippen molar-refractivity contribution in [3.63, 3.8) is 0 Å². The minimum absolute atomic E-state index is 0.147. The summed E-state index contributed by atoms with van der Waals surface area (Å²) in [6.07, 6.45) is 5.71. The number of hydrogen-bond acceptors (Lipinski definition) is 3. The number of aromatic nitrogens is 1. The quantitative estimate of drug-likeness (QED) is 0.520. The molecule has 3 aliphatic carbocycles. The third kappa shape index (κ3) is 3.01. The second-order valence-corrected chi connectivity index (χ2v) is 11.0. The van der Waals surface area contributed by atoms with Crippen LogP contribution in [0.3, 0.4) is 0 Å². The first kappa shape index (κ1) is 20.0. The molecule has 2 aromatic carbocycles. The zero-order chi connectivity index (χ0) is 22.2. The maximum absolute atomic E-state index is 14.1. The Hall–Kier alpha value is -2.37. The second kappa shape index (κ2) is 7.31. The molecule has 3 heterocycles. The van der Waals surface area contributed by atoms with Crippen LogP contribution in [0.2, 0.25) is 0 Å². The maximum Gasteiger partial charge on any atom is 0.134 e. The molecule has 0 unspecified atom stereocenters. The Balaban J connectivity index is 1.29. The topological polar surface area (TPSA) is 43.1 Å². The average molecular weight is 445 g/mol. The lowest BCUT2D eigenvalue weighted by atomic mass is 9.72. The van der Waals surface area contributed by atoms with Crippen LogP contribution in [0.15, 0.2) is 48.5 Å². The predicted molar refractivity (Wildman–Crippen MR) is 131 cm³/mol. The Kier molecular flexibility index (Phi) is 4.44. The Labute approximate surface area is 194 Å². The van der Waals surface area contributed by atoms with Gasteiger partial charge in [0.15, 0.2) is 0 Å². The smallest absolute Gasteiger partial charge is 0.134 e. The second-order valence-electron chi connectivity index (χ2n) is 11.0. The van der Waals surface area contributed by atoms with Gasteiger partial charge in [-0.05, 0) is 74.3 Å². The summed E-state index contributed by atoms with van der Waals surface area (Å²) < 4.78 is 14.1. The first-order valence-electron chi connectivity index (χ1n) is 12.7. The van der Waals surface area contributed by atoms with Crippen molar-refractivity contribution in [1.82, 2.24) is 15.2 Å². The van der Waals surface area contributed by atoms with E-state index in [9.17, 15) is 4.39 Å². The van der Waals surface area contributed by atoms with Crippen LogP contribution in [0.5, 0.6) is 0 Å². The minimum atomic E-state index is -0.832. The minimum Gasteiger partial charge on any atom is -0.378 e. The van der Waals surface area contributed by atoms with Crippen LogP contribution < -0.4 is 10.6 Å². The third-order valence-corrected chi connectivity index (χ3v) is 8.99. The first-order chi connectivity index (χ1) is 16.1. The van der Waals surface area contributed by atoms with Gasteiger partial charge in [-0.1, -0.05) is 30.3 Å². The number of aromatic amines is 1. The summed E-state index contributed by atoms with van der Waals surface area (Å²) in [5, 5.41) is 7.90.